The molecule has 1 aromatic heterocycles. The molecule has 3 N–H and O–H groups in total. The number of hydrogen-bond acceptors (Lipinski definition) is 3. The Kier molecular flexibility index (Phi) is 3.93. The van der Waals surface area contributed by atoms with Gasteiger partial charge in [0.1, 0.15) is 6.33 Å². The fraction of sp³-hybridized carbons (Fsp3) is 0. The molecule has 0 saturated carbocycles. The summed E-state index contributed by atoms with van der Waals surface area (Å²) in [4.78, 5) is 15.1. The lowest BCUT2D eigenvalue weighted by atomic mass is 10.2. The molecule has 92 valence electrons. The van der Waals surface area contributed by atoms with E-state index in [-0.39, 0.29) is 5.95 Å². The van der Waals surface area contributed by atoms with Crippen LogP contribution in [0.25, 0.3) is 6.08 Å². The van der Waals surface area contributed by atoms with Crippen molar-refractivity contribution in [2.75, 3.05) is 5.32 Å². The summed E-state index contributed by atoms with van der Waals surface area (Å²) < 4.78 is 0. The van der Waals surface area contributed by atoms with Crippen LogP contribution >= 0.6 is 11.6 Å². The summed E-state index contributed by atoms with van der Waals surface area (Å²) in [5, 5.41) is 11.7. The highest BCUT2D eigenvalue weighted by molar-refractivity contribution is 6.32. The number of carbonyl (C=O) groups is 1. The number of halogens is 1. The molecule has 1 heterocycles. The minimum Gasteiger partial charge on any atom is -0.314 e. The van der Waals surface area contributed by atoms with Gasteiger partial charge in [0.25, 0.3) is 0 Å². The number of urea groups is 1. The van der Waals surface area contributed by atoms with Crippen LogP contribution in [0.2, 0.25) is 5.02 Å². The topological polar surface area (TPSA) is 82.7 Å². The summed E-state index contributed by atoms with van der Waals surface area (Å²) >= 11 is 5.95. The number of aromatic nitrogens is 3. The maximum absolute atomic E-state index is 11.4. The number of aromatic amines is 1. The molecule has 0 unspecified atom stereocenters. The second-order valence-electron chi connectivity index (χ2n) is 3.29. The molecular weight excluding hydrogens is 254 g/mol. The predicted octanol–water partition coefficient (Wildman–Crippen LogP) is 2.25. The first-order valence-electron chi connectivity index (χ1n) is 5.09. The maximum atomic E-state index is 11.4. The van der Waals surface area contributed by atoms with E-state index in [4.69, 9.17) is 11.6 Å². The smallest absolute Gasteiger partial charge is 0.314 e. The third-order valence-electron chi connectivity index (χ3n) is 2.03. The summed E-state index contributed by atoms with van der Waals surface area (Å²) in [5.41, 5.74) is 0.819. The van der Waals surface area contributed by atoms with Crippen molar-refractivity contribution in [1.29, 1.82) is 0 Å². The molecule has 0 fully saturated rings. The van der Waals surface area contributed by atoms with E-state index in [9.17, 15) is 4.79 Å². The highest BCUT2D eigenvalue weighted by atomic mass is 35.5. The zero-order chi connectivity index (χ0) is 12.8. The van der Waals surface area contributed by atoms with E-state index in [0.29, 0.717) is 5.02 Å². The molecule has 0 bridgehead atoms. The van der Waals surface area contributed by atoms with Crippen LogP contribution in [-0.2, 0) is 0 Å². The van der Waals surface area contributed by atoms with Crippen molar-refractivity contribution in [1.82, 2.24) is 20.5 Å². The number of nitrogens with zero attached hydrogens (tertiary/aromatic N) is 2. The summed E-state index contributed by atoms with van der Waals surface area (Å²) in [5.74, 6) is 0.277. The standard InChI is InChI=1S/C11H10ClN5O/c12-9-4-2-1-3-8(9)5-6-13-11(18)16-10-14-7-15-17-10/h1-7H,(H3,13,14,15,16,17,18)/b6-5+. The van der Waals surface area contributed by atoms with Gasteiger partial charge in [-0.25, -0.2) is 9.89 Å². The largest absolute Gasteiger partial charge is 0.325 e. The first-order chi connectivity index (χ1) is 8.75. The minimum atomic E-state index is -0.421. The van der Waals surface area contributed by atoms with Gasteiger partial charge in [-0.2, -0.15) is 10.1 Å². The lowest BCUT2D eigenvalue weighted by molar-refractivity contribution is 0.255. The molecule has 1 aromatic carbocycles. The van der Waals surface area contributed by atoms with Gasteiger partial charge in [-0.1, -0.05) is 29.8 Å². The Labute approximate surface area is 108 Å². The highest BCUT2D eigenvalue weighted by Gasteiger charge is 2.00. The fourth-order valence-electron chi connectivity index (χ4n) is 1.23. The van der Waals surface area contributed by atoms with Crippen molar-refractivity contribution in [3.05, 3.63) is 47.4 Å². The first-order valence-corrected chi connectivity index (χ1v) is 5.47. The first kappa shape index (κ1) is 12.1. The van der Waals surface area contributed by atoms with Gasteiger partial charge < -0.3 is 5.32 Å². The third kappa shape index (κ3) is 3.33. The van der Waals surface area contributed by atoms with Crippen LogP contribution in [0.1, 0.15) is 5.56 Å². The monoisotopic (exact) mass is 263 g/mol. The Morgan fingerprint density at radius 1 is 1.39 bits per heavy atom. The number of anilines is 1. The second kappa shape index (κ2) is 5.83. The summed E-state index contributed by atoms with van der Waals surface area (Å²) in [7, 11) is 0. The quantitative estimate of drug-likeness (QED) is 0.794. The SMILES string of the molecule is O=C(N/C=C/c1ccccc1Cl)Nc1ncn[nH]1. The number of hydrogen-bond donors (Lipinski definition) is 3. The van der Waals surface area contributed by atoms with E-state index >= 15 is 0 Å². The number of H-pyrrole nitrogens is 1. The molecule has 0 atom stereocenters. The van der Waals surface area contributed by atoms with E-state index in [1.165, 1.54) is 12.5 Å². The van der Waals surface area contributed by atoms with E-state index < -0.39 is 6.03 Å². The number of benzene rings is 1. The van der Waals surface area contributed by atoms with E-state index in [0.717, 1.165) is 5.56 Å². The Balaban J connectivity index is 1.88. The van der Waals surface area contributed by atoms with E-state index in [1.54, 1.807) is 12.1 Å². The molecule has 0 saturated heterocycles. The van der Waals surface area contributed by atoms with Crippen molar-refractivity contribution in [3.63, 3.8) is 0 Å². The molecule has 0 aliphatic carbocycles. The van der Waals surface area contributed by atoms with Crippen molar-refractivity contribution in [3.8, 4) is 0 Å². The number of amides is 2. The average Bonchev–Trinajstić information content (AvgIpc) is 2.84. The third-order valence-corrected chi connectivity index (χ3v) is 2.37. The number of carbonyl (C=O) groups excluding carboxylic acids is 1. The van der Waals surface area contributed by atoms with Crippen molar-refractivity contribution >= 4 is 29.7 Å². The van der Waals surface area contributed by atoms with Gasteiger partial charge in [0.15, 0.2) is 0 Å². The molecule has 6 nitrogen and oxygen atoms in total. The van der Waals surface area contributed by atoms with Crippen molar-refractivity contribution < 1.29 is 4.79 Å². The molecule has 0 aliphatic heterocycles. The summed E-state index contributed by atoms with van der Waals surface area (Å²) in [6.07, 6.45) is 4.49. The van der Waals surface area contributed by atoms with Gasteiger partial charge in [-0.05, 0) is 17.7 Å². The van der Waals surface area contributed by atoms with Gasteiger partial charge in [0.2, 0.25) is 5.95 Å². The van der Waals surface area contributed by atoms with Crippen LogP contribution in [0.4, 0.5) is 10.7 Å². The molecule has 7 heteroatoms. The molecule has 2 aromatic rings. The zero-order valence-corrected chi connectivity index (χ0v) is 9.98. The number of rotatable bonds is 3. The Morgan fingerprint density at radius 3 is 2.94 bits per heavy atom. The van der Waals surface area contributed by atoms with Gasteiger partial charge >= 0.3 is 6.03 Å². The Hall–Kier alpha value is -2.34. The summed E-state index contributed by atoms with van der Waals surface area (Å²) in [6, 6.07) is 6.89. The van der Waals surface area contributed by atoms with E-state index in [1.807, 2.05) is 18.2 Å². The molecule has 2 amide bonds. The normalized spacial score (nSPS) is 10.5. The van der Waals surface area contributed by atoms with Gasteiger partial charge in [0, 0.05) is 11.2 Å². The van der Waals surface area contributed by atoms with Crippen LogP contribution in [0.5, 0.6) is 0 Å². The molecule has 0 radical (unpaired) electrons. The number of nitrogens with one attached hydrogen (secondary N) is 3. The predicted molar refractivity (Wildman–Crippen MR) is 69.0 cm³/mol. The minimum absolute atomic E-state index is 0.277. The van der Waals surface area contributed by atoms with Crippen LogP contribution in [-0.4, -0.2) is 21.2 Å². The Morgan fingerprint density at radius 2 is 2.22 bits per heavy atom. The molecule has 0 aliphatic rings. The maximum Gasteiger partial charge on any atom is 0.325 e. The lowest BCUT2D eigenvalue weighted by Gasteiger charge is -2.00. The lowest BCUT2D eigenvalue weighted by Crippen LogP contribution is -2.24. The molecule has 2 rings (SSSR count). The molecular formula is C11H10ClN5O. The summed E-state index contributed by atoms with van der Waals surface area (Å²) in [6.45, 7) is 0. The highest BCUT2D eigenvalue weighted by Crippen LogP contribution is 2.15. The van der Waals surface area contributed by atoms with Gasteiger partial charge in [0.05, 0.1) is 0 Å². The van der Waals surface area contributed by atoms with Crippen LogP contribution in [0.3, 0.4) is 0 Å². The average molecular weight is 264 g/mol. The van der Waals surface area contributed by atoms with E-state index in [2.05, 4.69) is 25.8 Å². The van der Waals surface area contributed by atoms with Crippen molar-refractivity contribution in [2.45, 2.75) is 0 Å². The second-order valence-corrected chi connectivity index (χ2v) is 3.69. The van der Waals surface area contributed by atoms with Crippen molar-refractivity contribution in [2.24, 2.45) is 0 Å². The zero-order valence-electron chi connectivity index (χ0n) is 9.22. The molecule has 0 spiro atoms. The van der Waals surface area contributed by atoms with Crippen LogP contribution in [0.15, 0.2) is 36.8 Å². The van der Waals surface area contributed by atoms with Crippen LogP contribution in [0, 0.1) is 0 Å². The molecule has 18 heavy (non-hydrogen) atoms. The van der Waals surface area contributed by atoms with Gasteiger partial charge in [-0.3, -0.25) is 5.32 Å². The van der Waals surface area contributed by atoms with Gasteiger partial charge in [-0.15, -0.1) is 0 Å². The van der Waals surface area contributed by atoms with Crippen LogP contribution < -0.4 is 10.6 Å². The Bertz CT molecular complexity index is 552. The fourth-order valence-corrected chi connectivity index (χ4v) is 1.43.